The summed E-state index contributed by atoms with van der Waals surface area (Å²) in [5.41, 5.74) is 0. The van der Waals surface area contributed by atoms with E-state index in [0.29, 0.717) is 6.54 Å². The fourth-order valence-electron chi connectivity index (χ4n) is 1.59. The van der Waals surface area contributed by atoms with E-state index < -0.39 is 12.0 Å². The molecule has 1 atom stereocenters. The molecule has 5 nitrogen and oxygen atoms in total. The Bertz CT molecular complexity index is 415. The first-order valence-corrected chi connectivity index (χ1v) is 5.61. The van der Waals surface area contributed by atoms with Crippen LogP contribution in [0.5, 0.6) is 0 Å². The van der Waals surface area contributed by atoms with Gasteiger partial charge in [0.2, 0.25) is 0 Å². The SMILES string of the molecule is CCN(C(=O)c1ccc(Cl)o1)C(C)CC(=O)O. The zero-order valence-corrected chi connectivity index (χ0v) is 10.4. The standard InChI is InChI=1S/C11H14ClNO4/c1-3-13(7(2)6-10(14)15)11(16)8-4-5-9(12)17-8/h4-5,7H,3,6H2,1-2H3,(H,14,15). The molecule has 0 saturated heterocycles. The van der Waals surface area contributed by atoms with Crippen molar-refractivity contribution in [1.29, 1.82) is 0 Å². The van der Waals surface area contributed by atoms with E-state index in [4.69, 9.17) is 21.1 Å². The van der Waals surface area contributed by atoms with Gasteiger partial charge in [-0.3, -0.25) is 9.59 Å². The Labute approximate surface area is 104 Å². The first kappa shape index (κ1) is 13.6. The molecule has 0 aliphatic heterocycles. The number of nitrogens with zero attached hydrogens (tertiary/aromatic N) is 1. The van der Waals surface area contributed by atoms with Crippen molar-refractivity contribution in [2.24, 2.45) is 0 Å². The molecule has 0 saturated carbocycles. The number of carboxylic acids is 1. The number of rotatable bonds is 5. The summed E-state index contributed by atoms with van der Waals surface area (Å²) in [6.07, 6.45) is -0.103. The smallest absolute Gasteiger partial charge is 0.305 e. The molecule has 0 spiro atoms. The van der Waals surface area contributed by atoms with Crippen molar-refractivity contribution in [3.63, 3.8) is 0 Å². The summed E-state index contributed by atoms with van der Waals surface area (Å²) >= 11 is 5.58. The van der Waals surface area contributed by atoms with Crippen LogP contribution in [0.1, 0.15) is 30.8 Å². The van der Waals surface area contributed by atoms with Crippen LogP contribution in [0.25, 0.3) is 0 Å². The highest BCUT2D eigenvalue weighted by atomic mass is 35.5. The van der Waals surface area contributed by atoms with E-state index in [1.54, 1.807) is 13.8 Å². The summed E-state index contributed by atoms with van der Waals surface area (Å²) in [5.74, 6) is -1.18. The zero-order chi connectivity index (χ0) is 13.0. The lowest BCUT2D eigenvalue weighted by Gasteiger charge is -2.25. The van der Waals surface area contributed by atoms with Gasteiger partial charge in [0.25, 0.3) is 5.91 Å². The first-order valence-electron chi connectivity index (χ1n) is 5.23. The van der Waals surface area contributed by atoms with E-state index in [9.17, 15) is 9.59 Å². The molecule has 1 unspecified atom stereocenters. The molecule has 94 valence electrons. The number of furan rings is 1. The number of hydrogen-bond donors (Lipinski definition) is 1. The van der Waals surface area contributed by atoms with E-state index in [-0.39, 0.29) is 23.3 Å². The minimum atomic E-state index is -0.943. The third-order valence-corrected chi connectivity index (χ3v) is 2.59. The Morgan fingerprint density at radius 1 is 1.53 bits per heavy atom. The van der Waals surface area contributed by atoms with E-state index in [0.717, 1.165) is 0 Å². The van der Waals surface area contributed by atoms with Crippen LogP contribution in [0.4, 0.5) is 0 Å². The molecule has 0 bridgehead atoms. The third-order valence-electron chi connectivity index (χ3n) is 2.39. The molecule has 1 heterocycles. The maximum absolute atomic E-state index is 12.0. The maximum atomic E-state index is 12.0. The average Bonchev–Trinajstić information content (AvgIpc) is 2.64. The van der Waals surface area contributed by atoms with Crippen LogP contribution in [-0.4, -0.2) is 34.5 Å². The Kier molecular flexibility index (Phi) is 4.57. The van der Waals surface area contributed by atoms with Crippen LogP contribution >= 0.6 is 11.6 Å². The molecule has 0 aromatic carbocycles. The molecule has 1 N–H and O–H groups in total. The lowest BCUT2D eigenvalue weighted by Crippen LogP contribution is -2.39. The second-order valence-electron chi connectivity index (χ2n) is 3.64. The van der Waals surface area contributed by atoms with Crippen LogP contribution in [0.2, 0.25) is 5.22 Å². The molecule has 17 heavy (non-hydrogen) atoms. The number of halogens is 1. The van der Waals surface area contributed by atoms with Crippen LogP contribution < -0.4 is 0 Å². The van der Waals surface area contributed by atoms with Crippen molar-refractivity contribution < 1.29 is 19.1 Å². The lowest BCUT2D eigenvalue weighted by molar-refractivity contribution is -0.138. The number of aliphatic carboxylic acids is 1. The topological polar surface area (TPSA) is 70.8 Å². The van der Waals surface area contributed by atoms with Crippen molar-refractivity contribution in [2.75, 3.05) is 6.54 Å². The second-order valence-corrected chi connectivity index (χ2v) is 4.01. The number of carbonyl (C=O) groups excluding carboxylic acids is 1. The fourth-order valence-corrected chi connectivity index (χ4v) is 1.74. The van der Waals surface area contributed by atoms with Crippen molar-refractivity contribution in [3.8, 4) is 0 Å². The predicted molar refractivity (Wildman–Crippen MR) is 62.1 cm³/mol. The Morgan fingerprint density at radius 2 is 2.18 bits per heavy atom. The van der Waals surface area contributed by atoms with Gasteiger partial charge in [-0.2, -0.15) is 0 Å². The van der Waals surface area contributed by atoms with Gasteiger partial charge in [0.15, 0.2) is 11.0 Å². The average molecular weight is 260 g/mol. The van der Waals surface area contributed by atoms with E-state index in [1.165, 1.54) is 17.0 Å². The van der Waals surface area contributed by atoms with E-state index >= 15 is 0 Å². The molecule has 1 amide bonds. The summed E-state index contributed by atoms with van der Waals surface area (Å²) < 4.78 is 5.01. The third kappa shape index (κ3) is 3.49. The second kappa shape index (κ2) is 5.72. The van der Waals surface area contributed by atoms with Gasteiger partial charge in [-0.15, -0.1) is 0 Å². The van der Waals surface area contributed by atoms with Gasteiger partial charge in [0.1, 0.15) is 0 Å². The molecule has 1 rings (SSSR count). The van der Waals surface area contributed by atoms with Crippen LogP contribution in [0.15, 0.2) is 16.5 Å². The number of carbonyl (C=O) groups is 2. The van der Waals surface area contributed by atoms with Gasteiger partial charge in [0, 0.05) is 12.6 Å². The normalized spacial score (nSPS) is 12.2. The molecule has 0 fully saturated rings. The molecular formula is C11H14ClNO4. The van der Waals surface area contributed by atoms with Crippen molar-refractivity contribution in [2.45, 2.75) is 26.3 Å². The maximum Gasteiger partial charge on any atom is 0.305 e. The highest BCUT2D eigenvalue weighted by molar-refractivity contribution is 6.29. The van der Waals surface area contributed by atoms with Crippen molar-refractivity contribution in [3.05, 3.63) is 23.1 Å². The molecule has 1 aromatic heterocycles. The van der Waals surface area contributed by atoms with Gasteiger partial charge in [-0.1, -0.05) is 0 Å². The molecule has 1 aromatic rings. The van der Waals surface area contributed by atoms with E-state index in [1.807, 2.05) is 0 Å². The predicted octanol–water partition coefficient (Wildman–Crippen LogP) is 2.26. The number of hydrogen-bond acceptors (Lipinski definition) is 3. The Balaban J connectivity index is 2.80. The summed E-state index contributed by atoms with van der Waals surface area (Å²) in [7, 11) is 0. The van der Waals surface area contributed by atoms with Crippen molar-refractivity contribution >= 4 is 23.5 Å². The summed E-state index contributed by atoms with van der Waals surface area (Å²) in [6, 6.07) is 2.56. The summed E-state index contributed by atoms with van der Waals surface area (Å²) in [4.78, 5) is 24.0. The van der Waals surface area contributed by atoms with Crippen LogP contribution in [0, 0.1) is 0 Å². The van der Waals surface area contributed by atoms with Gasteiger partial charge < -0.3 is 14.4 Å². The minimum absolute atomic E-state index is 0.103. The Hall–Kier alpha value is -1.49. The molecular weight excluding hydrogens is 246 g/mol. The first-order chi connectivity index (χ1) is 7.95. The molecule has 0 aliphatic carbocycles. The number of carboxylic acid groups (broad SMARTS) is 1. The van der Waals surface area contributed by atoms with Gasteiger partial charge in [0.05, 0.1) is 6.42 Å². The fraction of sp³-hybridized carbons (Fsp3) is 0.455. The molecule has 0 aliphatic rings. The minimum Gasteiger partial charge on any atom is -0.481 e. The zero-order valence-electron chi connectivity index (χ0n) is 9.64. The number of amides is 1. The van der Waals surface area contributed by atoms with Gasteiger partial charge in [-0.05, 0) is 37.6 Å². The van der Waals surface area contributed by atoms with Gasteiger partial charge in [-0.25, -0.2) is 0 Å². The Morgan fingerprint density at radius 3 is 2.59 bits per heavy atom. The van der Waals surface area contributed by atoms with E-state index in [2.05, 4.69) is 0 Å². The summed E-state index contributed by atoms with van der Waals surface area (Å²) in [6.45, 7) is 3.87. The van der Waals surface area contributed by atoms with Crippen LogP contribution in [0.3, 0.4) is 0 Å². The largest absolute Gasteiger partial charge is 0.481 e. The molecule has 0 radical (unpaired) electrons. The monoisotopic (exact) mass is 259 g/mol. The van der Waals surface area contributed by atoms with Crippen LogP contribution in [-0.2, 0) is 4.79 Å². The molecule has 6 heteroatoms. The summed E-state index contributed by atoms with van der Waals surface area (Å²) in [5, 5.41) is 8.84. The lowest BCUT2D eigenvalue weighted by atomic mass is 10.2. The highest BCUT2D eigenvalue weighted by Crippen LogP contribution is 2.17. The van der Waals surface area contributed by atoms with Crippen molar-refractivity contribution in [1.82, 2.24) is 4.90 Å². The highest BCUT2D eigenvalue weighted by Gasteiger charge is 2.24. The quantitative estimate of drug-likeness (QED) is 0.880. The van der Waals surface area contributed by atoms with Gasteiger partial charge >= 0.3 is 5.97 Å².